The number of aromatic nitrogens is 2. The van der Waals surface area contributed by atoms with Gasteiger partial charge >= 0.3 is 17.9 Å². The lowest BCUT2D eigenvalue weighted by Gasteiger charge is -2.16. The van der Waals surface area contributed by atoms with Gasteiger partial charge in [-0.1, -0.05) is 98.3 Å². The maximum atomic E-state index is 12.3. The van der Waals surface area contributed by atoms with Crippen LogP contribution in [0.2, 0.25) is 0 Å². The van der Waals surface area contributed by atoms with Crippen LogP contribution >= 0.6 is 0 Å². The molecule has 1 N–H and O–H groups in total. The van der Waals surface area contributed by atoms with Crippen molar-refractivity contribution in [2.75, 3.05) is 14.2 Å². The molecule has 0 amide bonds. The molecule has 8 heteroatoms. The van der Waals surface area contributed by atoms with E-state index in [9.17, 15) is 19.5 Å². The summed E-state index contributed by atoms with van der Waals surface area (Å²) in [5.41, 5.74) is 8.17. The number of methoxy groups -OCH3 is 2. The number of rotatable bonds is 13. The molecular formula is C40H38N2O6. The number of nitrogens with zero attached hydrogens (tertiary/aromatic N) is 2. The molecule has 0 aliphatic rings. The molecule has 0 fully saturated rings. The average molecular weight is 643 g/mol. The number of aliphatic carboxylic acids is 1. The normalized spacial score (nSPS) is 10.8. The maximum absolute atomic E-state index is 12.3. The van der Waals surface area contributed by atoms with Gasteiger partial charge in [-0.15, -0.1) is 0 Å². The Morgan fingerprint density at radius 1 is 0.646 bits per heavy atom. The Balaban J connectivity index is 1.48. The van der Waals surface area contributed by atoms with Crippen molar-refractivity contribution in [3.8, 4) is 22.3 Å². The molecular weight excluding hydrogens is 604 g/mol. The maximum Gasteiger partial charge on any atom is 0.338 e. The standard InChI is InChI=1S/C40H38N2O6/c1-4-5-14-37-41-35(23-26-15-19-28(20-16-26)30-10-6-8-12-32(30)39(45)47-2)34(25-38(43)44)36(42-37)24-27-17-21-29(22-18-27)31-11-7-9-13-33(31)40(46)48-3/h6-13,15-22H,4-5,14,23-25H2,1-3H3,(H,43,44). The minimum atomic E-state index is -0.952. The number of carboxylic acids is 1. The zero-order valence-electron chi connectivity index (χ0n) is 27.4. The predicted molar refractivity (Wildman–Crippen MR) is 184 cm³/mol. The molecule has 1 aromatic heterocycles. The second kappa shape index (κ2) is 15.8. The van der Waals surface area contributed by atoms with Crippen molar-refractivity contribution in [1.82, 2.24) is 9.97 Å². The molecule has 0 aliphatic carbocycles. The van der Waals surface area contributed by atoms with Gasteiger partial charge in [-0.25, -0.2) is 19.6 Å². The van der Waals surface area contributed by atoms with Gasteiger partial charge in [0.1, 0.15) is 5.82 Å². The summed E-state index contributed by atoms with van der Waals surface area (Å²) in [6.07, 6.45) is 3.25. The highest BCUT2D eigenvalue weighted by Crippen LogP contribution is 2.28. The molecule has 0 saturated carbocycles. The summed E-state index contributed by atoms with van der Waals surface area (Å²) >= 11 is 0. The van der Waals surface area contributed by atoms with Crippen LogP contribution in [0.4, 0.5) is 0 Å². The van der Waals surface area contributed by atoms with Gasteiger partial charge in [0, 0.05) is 24.8 Å². The Hall–Kier alpha value is -5.63. The largest absolute Gasteiger partial charge is 0.481 e. The zero-order chi connectivity index (χ0) is 34.0. The van der Waals surface area contributed by atoms with E-state index in [-0.39, 0.29) is 6.42 Å². The Morgan fingerprint density at radius 2 is 1.08 bits per heavy atom. The highest BCUT2D eigenvalue weighted by molar-refractivity contribution is 5.98. The topological polar surface area (TPSA) is 116 Å². The first kappa shape index (κ1) is 33.7. The lowest BCUT2D eigenvalue weighted by Crippen LogP contribution is -2.15. The first-order chi connectivity index (χ1) is 23.3. The van der Waals surface area contributed by atoms with E-state index in [0.29, 0.717) is 53.2 Å². The Kier molecular flexibility index (Phi) is 11.1. The number of hydrogen-bond donors (Lipinski definition) is 1. The molecule has 0 unspecified atom stereocenters. The van der Waals surface area contributed by atoms with Gasteiger partial charge in [0.25, 0.3) is 0 Å². The summed E-state index contributed by atoms with van der Waals surface area (Å²) in [6, 6.07) is 30.3. The number of aryl methyl sites for hydroxylation is 1. The number of carboxylic acid groups (broad SMARTS) is 1. The first-order valence-corrected chi connectivity index (χ1v) is 15.9. The highest BCUT2D eigenvalue weighted by Gasteiger charge is 2.19. The number of carbonyl (C=O) groups is 3. The fourth-order valence-electron chi connectivity index (χ4n) is 5.77. The molecule has 0 aliphatic heterocycles. The van der Waals surface area contributed by atoms with E-state index in [1.165, 1.54) is 14.2 Å². The monoisotopic (exact) mass is 642 g/mol. The zero-order valence-corrected chi connectivity index (χ0v) is 27.4. The van der Waals surface area contributed by atoms with Gasteiger partial charge in [0.05, 0.1) is 43.2 Å². The summed E-state index contributed by atoms with van der Waals surface area (Å²) < 4.78 is 9.93. The SMILES string of the molecule is CCCCc1nc(Cc2ccc(-c3ccccc3C(=O)OC)cc2)c(CC(=O)O)c(Cc2ccc(-c3ccccc3C(=O)OC)cc2)n1. The van der Waals surface area contributed by atoms with Crippen molar-refractivity contribution < 1.29 is 29.0 Å². The molecule has 0 saturated heterocycles. The van der Waals surface area contributed by atoms with E-state index in [4.69, 9.17) is 19.4 Å². The third-order valence-corrected chi connectivity index (χ3v) is 8.24. The van der Waals surface area contributed by atoms with Crippen LogP contribution in [0, 0.1) is 0 Å². The molecule has 4 aromatic carbocycles. The Morgan fingerprint density at radius 3 is 1.48 bits per heavy atom. The first-order valence-electron chi connectivity index (χ1n) is 15.9. The van der Waals surface area contributed by atoms with Crippen molar-refractivity contribution >= 4 is 17.9 Å². The average Bonchev–Trinajstić information content (AvgIpc) is 3.12. The number of carbonyl (C=O) groups excluding carboxylic acids is 2. The summed E-state index contributed by atoms with van der Waals surface area (Å²) in [7, 11) is 2.73. The smallest absolute Gasteiger partial charge is 0.338 e. The minimum absolute atomic E-state index is 0.200. The van der Waals surface area contributed by atoms with Crippen LogP contribution in [-0.4, -0.2) is 47.2 Å². The molecule has 0 bridgehead atoms. The Bertz CT molecular complexity index is 1790. The lowest BCUT2D eigenvalue weighted by molar-refractivity contribution is -0.136. The second-order valence-electron chi connectivity index (χ2n) is 11.5. The van der Waals surface area contributed by atoms with Crippen molar-refractivity contribution in [2.24, 2.45) is 0 Å². The molecule has 0 atom stereocenters. The van der Waals surface area contributed by atoms with Gasteiger partial charge in [-0.05, 0) is 51.9 Å². The van der Waals surface area contributed by atoms with Crippen molar-refractivity contribution in [3.63, 3.8) is 0 Å². The van der Waals surface area contributed by atoms with Crippen molar-refractivity contribution in [2.45, 2.75) is 45.4 Å². The fraction of sp³-hybridized carbons (Fsp3) is 0.225. The van der Waals surface area contributed by atoms with Crippen LogP contribution in [0.25, 0.3) is 22.3 Å². The van der Waals surface area contributed by atoms with E-state index in [1.807, 2.05) is 72.8 Å². The van der Waals surface area contributed by atoms with Gasteiger partial charge in [-0.2, -0.15) is 0 Å². The quantitative estimate of drug-likeness (QED) is 0.131. The summed E-state index contributed by atoms with van der Waals surface area (Å²) in [6.45, 7) is 2.11. The van der Waals surface area contributed by atoms with E-state index >= 15 is 0 Å². The number of hydrogen-bond acceptors (Lipinski definition) is 7. The van der Waals surface area contributed by atoms with Gasteiger partial charge in [-0.3, -0.25) is 4.79 Å². The number of benzene rings is 4. The van der Waals surface area contributed by atoms with Gasteiger partial charge < -0.3 is 14.6 Å². The van der Waals surface area contributed by atoms with Crippen LogP contribution in [0.1, 0.15) is 74.4 Å². The summed E-state index contributed by atoms with van der Waals surface area (Å²) in [4.78, 5) is 46.6. The summed E-state index contributed by atoms with van der Waals surface area (Å²) in [5.74, 6) is -1.06. The van der Waals surface area contributed by atoms with E-state index in [0.717, 1.165) is 46.2 Å². The fourth-order valence-corrected chi connectivity index (χ4v) is 5.77. The lowest BCUT2D eigenvalue weighted by atomic mass is 9.94. The molecule has 1 heterocycles. The van der Waals surface area contributed by atoms with Crippen LogP contribution < -0.4 is 0 Å². The van der Waals surface area contributed by atoms with Crippen LogP contribution in [0.15, 0.2) is 97.1 Å². The van der Waals surface area contributed by atoms with Crippen molar-refractivity contribution in [3.05, 3.63) is 142 Å². The summed E-state index contributed by atoms with van der Waals surface area (Å²) in [5, 5.41) is 9.93. The van der Waals surface area contributed by atoms with E-state index < -0.39 is 17.9 Å². The highest BCUT2D eigenvalue weighted by atomic mass is 16.5. The van der Waals surface area contributed by atoms with Crippen molar-refractivity contribution in [1.29, 1.82) is 0 Å². The molecule has 0 radical (unpaired) electrons. The van der Waals surface area contributed by atoms with E-state index in [1.54, 1.807) is 24.3 Å². The minimum Gasteiger partial charge on any atom is -0.481 e. The van der Waals surface area contributed by atoms with E-state index in [2.05, 4.69) is 6.92 Å². The van der Waals surface area contributed by atoms with Crippen LogP contribution in [0.5, 0.6) is 0 Å². The molecule has 0 spiro atoms. The molecule has 48 heavy (non-hydrogen) atoms. The van der Waals surface area contributed by atoms with Crippen LogP contribution in [-0.2, 0) is 40.0 Å². The molecule has 244 valence electrons. The Labute approximate surface area is 280 Å². The number of unbranched alkanes of at least 4 members (excludes halogenated alkanes) is 1. The molecule has 5 rings (SSSR count). The van der Waals surface area contributed by atoms with Gasteiger partial charge in [0.2, 0.25) is 0 Å². The third-order valence-electron chi connectivity index (χ3n) is 8.24. The number of ether oxygens (including phenoxy) is 2. The second-order valence-corrected chi connectivity index (χ2v) is 11.5. The number of esters is 2. The van der Waals surface area contributed by atoms with Crippen LogP contribution in [0.3, 0.4) is 0 Å². The third kappa shape index (κ3) is 8.01. The molecule has 5 aromatic rings. The predicted octanol–water partition coefficient (Wildman–Crippen LogP) is 7.54. The molecule has 8 nitrogen and oxygen atoms in total. The van der Waals surface area contributed by atoms with Gasteiger partial charge in [0.15, 0.2) is 0 Å².